The Morgan fingerprint density at radius 1 is 1.00 bits per heavy atom. The largest absolute Gasteiger partial charge is 0.472 e. The summed E-state index contributed by atoms with van der Waals surface area (Å²) >= 11 is 12.0. The summed E-state index contributed by atoms with van der Waals surface area (Å²) in [6, 6.07) is 13.0. The van der Waals surface area contributed by atoms with E-state index in [2.05, 4.69) is 9.97 Å². The highest BCUT2D eigenvalue weighted by atomic mass is 35.5. The summed E-state index contributed by atoms with van der Waals surface area (Å²) < 4.78 is 5.75. The van der Waals surface area contributed by atoms with Gasteiger partial charge >= 0.3 is 0 Å². The molecule has 3 aromatic rings. The molecule has 0 saturated carbocycles. The average molecular weight is 305 g/mol. The Hall–Kier alpha value is -1.84. The maximum atomic E-state index is 6.12. The van der Waals surface area contributed by atoms with Crippen LogP contribution in [-0.2, 0) is 6.61 Å². The Morgan fingerprint density at radius 3 is 2.70 bits per heavy atom. The second-order valence-electron chi connectivity index (χ2n) is 4.22. The zero-order chi connectivity index (χ0) is 13.9. The van der Waals surface area contributed by atoms with Crippen LogP contribution >= 0.6 is 23.2 Å². The van der Waals surface area contributed by atoms with Gasteiger partial charge in [0.2, 0.25) is 5.88 Å². The van der Waals surface area contributed by atoms with Crippen LogP contribution in [0.1, 0.15) is 5.56 Å². The molecular formula is C15H10Cl2N2O. The van der Waals surface area contributed by atoms with Gasteiger partial charge in [0.05, 0.1) is 10.9 Å². The number of ether oxygens (including phenoxy) is 1. The van der Waals surface area contributed by atoms with Gasteiger partial charge in [-0.05, 0) is 24.3 Å². The number of benzene rings is 2. The number of para-hydroxylation sites is 1. The molecule has 0 bridgehead atoms. The lowest BCUT2D eigenvalue weighted by Gasteiger charge is -2.09. The molecule has 0 fully saturated rings. The molecule has 2 aromatic carbocycles. The van der Waals surface area contributed by atoms with Gasteiger partial charge in [-0.25, -0.2) is 9.97 Å². The third kappa shape index (κ3) is 2.69. The molecule has 0 unspecified atom stereocenters. The fourth-order valence-electron chi connectivity index (χ4n) is 1.88. The first-order chi connectivity index (χ1) is 9.74. The van der Waals surface area contributed by atoms with E-state index in [0.29, 0.717) is 22.5 Å². The van der Waals surface area contributed by atoms with Crippen molar-refractivity contribution < 1.29 is 4.74 Å². The molecule has 1 aromatic heterocycles. The van der Waals surface area contributed by atoms with Crippen molar-refractivity contribution in [2.75, 3.05) is 0 Å². The summed E-state index contributed by atoms with van der Waals surface area (Å²) in [4.78, 5) is 8.36. The zero-order valence-corrected chi connectivity index (χ0v) is 11.9. The van der Waals surface area contributed by atoms with Crippen molar-refractivity contribution in [1.29, 1.82) is 0 Å². The van der Waals surface area contributed by atoms with E-state index < -0.39 is 0 Å². The summed E-state index contributed by atoms with van der Waals surface area (Å²) in [5.41, 5.74) is 1.71. The fraction of sp³-hybridized carbons (Fsp3) is 0.0667. The molecule has 0 aliphatic carbocycles. The number of halogens is 2. The quantitative estimate of drug-likeness (QED) is 0.714. The molecule has 0 radical (unpaired) electrons. The van der Waals surface area contributed by atoms with Crippen molar-refractivity contribution in [3.8, 4) is 5.88 Å². The van der Waals surface area contributed by atoms with Crippen molar-refractivity contribution in [1.82, 2.24) is 9.97 Å². The molecule has 20 heavy (non-hydrogen) atoms. The lowest BCUT2D eigenvalue weighted by atomic mass is 10.2. The Bertz CT molecular complexity index is 756. The van der Waals surface area contributed by atoms with Gasteiger partial charge in [0.1, 0.15) is 12.9 Å². The van der Waals surface area contributed by atoms with Gasteiger partial charge in [0.15, 0.2) is 0 Å². The lowest BCUT2D eigenvalue weighted by Crippen LogP contribution is -1.99. The van der Waals surface area contributed by atoms with Crippen LogP contribution in [0.2, 0.25) is 10.0 Å². The lowest BCUT2D eigenvalue weighted by molar-refractivity contribution is 0.297. The summed E-state index contributed by atoms with van der Waals surface area (Å²) in [5, 5.41) is 2.06. The highest BCUT2D eigenvalue weighted by Crippen LogP contribution is 2.25. The van der Waals surface area contributed by atoms with E-state index in [4.69, 9.17) is 27.9 Å². The molecule has 0 aliphatic rings. The van der Waals surface area contributed by atoms with E-state index in [1.54, 1.807) is 12.1 Å². The minimum Gasteiger partial charge on any atom is -0.472 e. The molecule has 0 N–H and O–H groups in total. The second kappa shape index (κ2) is 5.65. The predicted molar refractivity (Wildman–Crippen MR) is 80.3 cm³/mol. The van der Waals surface area contributed by atoms with Crippen LogP contribution in [0.25, 0.3) is 10.9 Å². The predicted octanol–water partition coefficient (Wildman–Crippen LogP) is 4.52. The molecule has 5 heteroatoms. The normalized spacial score (nSPS) is 10.7. The minimum atomic E-state index is 0.330. The number of nitrogens with zero attached hydrogens (tertiary/aromatic N) is 2. The third-order valence-corrected chi connectivity index (χ3v) is 3.47. The van der Waals surface area contributed by atoms with Crippen LogP contribution in [0.3, 0.4) is 0 Å². The first-order valence-corrected chi connectivity index (χ1v) is 6.76. The number of hydrogen-bond acceptors (Lipinski definition) is 3. The standard InChI is InChI=1S/C15H10Cl2N2O/c16-11-6-5-10(13(17)7-11)8-20-15-12-3-1-2-4-14(12)18-9-19-15/h1-7,9H,8H2. The topological polar surface area (TPSA) is 35.0 Å². The van der Waals surface area contributed by atoms with E-state index in [9.17, 15) is 0 Å². The monoisotopic (exact) mass is 304 g/mol. The van der Waals surface area contributed by atoms with Crippen LogP contribution in [0.15, 0.2) is 48.8 Å². The zero-order valence-electron chi connectivity index (χ0n) is 10.4. The maximum absolute atomic E-state index is 6.12. The molecule has 1 heterocycles. The summed E-state index contributed by atoms with van der Waals surface area (Å²) in [6.45, 7) is 0.330. The number of rotatable bonds is 3. The Balaban J connectivity index is 1.87. The first-order valence-electron chi connectivity index (χ1n) is 6.00. The highest BCUT2D eigenvalue weighted by molar-refractivity contribution is 6.35. The second-order valence-corrected chi connectivity index (χ2v) is 5.06. The van der Waals surface area contributed by atoms with E-state index >= 15 is 0 Å². The molecule has 0 saturated heterocycles. The van der Waals surface area contributed by atoms with E-state index in [1.165, 1.54) is 6.33 Å². The van der Waals surface area contributed by atoms with Crippen LogP contribution in [0.4, 0.5) is 0 Å². The van der Waals surface area contributed by atoms with Crippen molar-refractivity contribution in [2.24, 2.45) is 0 Å². The SMILES string of the molecule is Clc1ccc(COc2ncnc3ccccc23)c(Cl)c1. The summed E-state index contributed by atoms with van der Waals surface area (Å²) in [6.07, 6.45) is 1.49. The third-order valence-electron chi connectivity index (χ3n) is 2.89. The Labute approximate surface area is 126 Å². The van der Waals surface area contributed by atoms with E-state index in [0.717, 1.165) is 16.5 Å². The fourth-order valence-corrected chi connectivity index (χ4v) is 2.34. The molecule has 100 valence electrons. The van der Waals surface area contributed by atoms with Crippen molar-refractivity contribution in [3.63, 3.8) is 0 Å². The number of hydrogen-bond donors (Lipinski definition) is 0. The van der Waals surface area contributed by atoms with Crippen LogP contribution in [-0.4, -0.2) is 9.97 Å². The van der Waals surface area contributed by atoms with Gasteiger partial charge in [-0.2, -0.15) is 0 Å². The molecule has 3 nitrogen and oxygen atoms in total. The number of fused-ring (bicyclic) bond motifs is 1. The summed E-state index contributed by atoms with van der Waals surface area (Å²) in [5.74, 6) is 0.543. The molecule has 3 rings (SSSR count). The van der Waals surface area contributed by atoms with Crippen molar-refractivity contribution in [3.05, 3.63) is 64.4 Å². The minimum absolute atomic E-state index is 0.330. The van der Waals surface area contributed by atoms with Gasteiger partial charge in [-0.3, -0.25) is 0 Å². The Kier molecular flexibility index (Phi) is 3.72. The molecule has 0 aliphatic heterocycles. The van der Waals surface area contributed by atoms with Gasteiger partial charge in [0, 0.05) is 15.6 Å². The van der Waals surface area contributed by atoms with Gasteiger partial charge in [0.25, 0.3) is 0 Å². The molecule has 0 atom stereocenters. The van der Waals surface area contributed by atoms with Crippen LogP contribution in [0.5, 0.6) is 5.88 Å². The van der Waals surface area contributed by atoms with Gasteiger partial charge in [-0.1, -0.05) is 41.4 Å². The van der Waals surface area contributed by atoms with E-state index in [1.807, 2.05) is 30.3 Å². The molecular weight excluding hydrogens is 295 g/mol. The molecule has 0 spiro atoms. The maximum Gasteiger partial charge on any atom is 0.224 e. The first kappa shape index (κ1) is 13.2. The van der Waals surface area contributed by atoms with Crippen LogP contribution in [0, 0.1) is 0 Å². The van der Waals surface area contributed by atoms with Crippen LogP contribution < -0.4 is 4.74 Å². The number of aromatic nitrogens is 2. The van der Waals surface area contributed by atoms with Gasteiger partial charge < -0.3 is 4.74 Å². The highest BCUT2D eigenvalue weighted by Gasteiger charge is 2.06. The smallest absolute Gasteiger partial charge is 0.224 e. The summed E-state index contributed by atoms with van der Waals surface area (Å²) in [7, 11) is 0. The Morgan fingerprint density at radius 2 is 1.85 bits per heavy atom. The molecule has 0 amide bonds. The van der Waals surface area contributed by atoms with Gasteiger partial charge in [-0.15, -0.1) is 0 Å². The average Bonchev–Trinajstić information content (AvgIpc) is 2.46. The van der Waals surface area contributed by atoms with Crippen molar-refractivity contribution in [2.45, 2.75) is 6.61 Å². The van der Waals surface area contributed by atoms with E-state index in [-0.39, 0.29) is 0 Å². The van der Waals surface area contributed by atoms with Crippen molar-refractivity contribution >= 4 is 34.1 Å².